The van der Waals surface area contributed by atoms with Gasteiger partial charge in [-0.3, -0.25) is 4.79 Å². The minimum absolute atomic E-state index is 0.0990. The highest BCUT2D eigenvalue weighted by Crippen LogP contribution is 2.23. The lowest BCUT2D eigenvalue weighted by molar-refractivity contribution is -0.116. The fourth-order valence-corrected chi connectivity index (χ4v) is 3.47. The molecule has 0 spiro atoms. The number of anilines is 1. The molecule has 2 aromatic heterocycles. The zero-order chi connectivity index (χ0) is 24.3. The minimum atomic E-state index is -0.885. The van der Waals surface area contributed by atoms with Gasteiger partial charge in [-0.05, 0) is 32.9 Å². The van der Waals surface area contributed by atoms with Gasteiger partial charge in [-0.1, -0.05) is 29.8 Å². The summed E-state index contributed by atoms with van der Waals surface area (Å²) in [6, 6.07) is 7.77. The predicted molar refractivity (Wildman–Crippen MR) is 126 cm³/mol. The van der Waals surface area contributed by atoms with Crippen molar-refractivity contribution in [1.29, 1.82) is 0 Å². The van der Waals surface area contributed by atoms with Crippen LogP contribution in [0.25, 0.3) is 5.69 Å². The van der Waals surface area contributed by atoms with Crippen molar-refractivity contribution in [2.75, 3.05) is 5.32 Å². The third kappa shape index (κ3) is 4.54. The lowest BCUT2D eigenvalue weighted by atomic mass is 10.2. The molecule has 10 nitrogen and oxygen atoms in total. The summed E-state index contributed by atoms with van der Waals surface area (Å²) in [5.41, 5.74) is 1.15. The Balaban J connectivity index is 1.96. The lowest BCUT2D eigenvalue weighted by Gasteiger charge is -2.12. The van der Waals surface area contributed by atoms with Gasteiger partial charge in [-0.2, -0.15) is 5.10 Å². The summed E-state index contributed by atoms with van der Waals surface area (Å²) in [5.74, 6) is -0.599. The van der Waals surface area contributed by atoms with Crippen molar-refractivity contribution in [3.05, 3.63) is 98.0 Å². The largest absolute Gasteiger partial charge is 0.337 e. The van der Waals surface area contributed by atoms with Crippen LogP contribution in [0.4, 0.5) is 5.69 Å². The average Bonchev–Trinajstić information content (AvgIpc) is 3.06. The maximum atomic E-state index is 12.8. The monoisotopic (exact) mass is 450 g/mol. The van der Waals surface area contributed by atoms with Crippen molar-refractivity contribution in [2.45, 2.75) is 40.4 Å². The summed E-state index contributed by atoms with van der Waals surface area (Å²) in [4.78, 5) is 50.8. The van der Waals surface area contributed by atoms with Crippen LogP contribution in [0, 0.1) is 20.8 Å². The fourth-order valence-electron chi connectivity index (χ4n) is 3.47. The molecule has 0 radical (unpaired) electrons. The van der Waals surface area contributed by atoms with E-state index < -0.39 is 29.5 Å². The predicted octanol–water partition coefficient (Wildman–Crippen LogP) is 1.29. The van der Waals surface area contributed by atoms with Gasteiger partial charge in [0.2, 0.25) is 5.91 Å². The van der Waals surface area contributed by atoms with Crippen LogP contribution in [0.3, 0.4) is 0 Å². The van der Waals surface area contributed by atoms with Crippen LogP contribution < -0.4 is 22.4 Å². The molecule has 0 aliphatic heterocycles. The van der Waals surface area contributed by atoms with Gasteiger partial charge in [-0.15, -0.1) is 13.2 Å². The Labute approximate surface area is 189 Å². The van der Waals surface area contributed by atoms with Gasteiger partial charge in [0.05, 0.1) is 35.9 Å². The van der Waals surface area contributed by atoms with Gasteiger partial charge < -0.3 is 5.32 Å². The second-order valence-electron chi connectivity index (χ2n) is 7.57. The second kappa shape index (κ2) is 9.51. The molecule has 33 heavy (non-hydrogen) atoms. The van der Waals surface area contributed by atoms with Crippen LogP contribution in [-0.2, 0) is 24.4 Å². The molecule has 0 unspecified atom stereocenters. The van der Waals surface area contributed by atoms with Crippen LogP contribution in [0.15, 0.2) is 64.0 Å². The molecule has 0 bridgehead atoms. The highest BCUT2D eigenvalue weighted by molar-refractivity contribution is 5.91. The molecule has 0 aliphatic carbocycles. The van der Waals surface area contributed by atoms with Crippen molar-refractivity contribution < 1.29 is 4.79 Å². The summed E-state index contributed by atoms with van der Waals surface area (Å²) in [6.45, 7) is 11.8. The third-order valence-electron chi connectivity index (χ3n) is 5.14. The molecule has 0 atom stereocenters. The van der Waals surface area contributed by atoms with E-state index in [2.05, 4.69) is 23.6 Å². The zero-order valence-electron chi connectivity index (χ0n) is 18.9. The van der Waals surface area contributed by atoms with E-state index in [0.717, 1.165) is 25.0 Å². The van der Waals surface area contributed by atoms with Crippen LogP contribution in [0.2, 0.25) is 0 Å². The molecule has 10 heteroatoms. The lowest BCUT2D eigenvalue weighted by Crippen LogP contribution is -2.55. The highest BCUT2D eigenvalue weighted by atomic mass is 16.2. The summed E-state index contributed by atoms with van der Waals surface area (Å²) in [5, 5.41) is 7.24. The summed E-state index contributed by atoms with van der Waals surface area (Å²) in [7, 11) is 0. The van der Waals surface area contributed by atoms with E-state index in [1.54, 1.807) is 11.6 Å². The number of nitrogens with one attached hydrogen (secondary N) is 1. The molecule has 0 saturated carbocycles. The van der Waals surface area contributed by atoms with E-state index >= 15 is 0 Å². The average molecular weight is 450 g/mol. The molecule has 0 saturated heterocycles. The van der Waals surface area contributed by atoms with Gasteiger partial charge in [-0.25, -0.2) is 32.8 Å². The number of allylic oxidation sites excluding steroid dienone is 2. The molecule has 0 fully saturated rings. The smallest absolute Gasteiger partial charge is 0.321 e. The molecule has 2 heterocycles. The first-order valence-corrected chi connectivity index (χ1v) is 10.3. The van der Waals surface area contributed by atoms with Gasteiger partial charge >= 0.3 is 17.1 Å². The number of rotatable bonds is 8. The van der Waals surface area contributed by atoms with Crippen molar-refractivity contribution in [3.63, 3.8) is 0 Å². The van der Waals surface area contributed by atoms with Crippen LogP contribution in [-0.4, -0.2) is 29.4 Å². The number of hydrogen-bond acceptors (Lipinski definition) is 5. The van der Waals surface area contributed by atoms with E-state index in [-0.39, 0.29) is 13.1 Å². The third-order valence-corrected chi connectivity index (χ3v) is 5.14. The molecular weight excluding hydrogens is 424 g/mol. The maximum Gasteiger partial charge on any atom is 0.337 e. The van der Waals surface area contributed by atoms with Gasteiger partial charge in [0, 0.05) is 0 Å². The number of benzene rings is 1. The summed E-state index contributed by atoms with van der Waals surface area (Å²) in [6.07, 6.45) is 2.73. The Morgan fingerprint density at radius 1 is 0.909 bits per heavy atom. The molecule has 1 N–H and O–H groups in total. The normalized spacial score (nSPS) is 10.8. The van der Waals surface area contributed by atoms with Gasteiger partial charge in [0.15, 0.2) is 0 Å². The maximum absolute atomic E-state index is 12.8. The second-order valence-corrected chi connectivity index (χ2v) is 7.57. The molecule has 1 amide bonds. The number of amides is 1. The molecular formula is C23H26N6O4. The number of carbonyl (C=O) groups is 1. The topological polar surface area (TPSA) is 113 Å². The van der Waals surface area contributed by atoms with Crippen molar-refractivity contribution in [1.82, 2.24) is 23.5 Å². The molecule has 0 aliphatic rings. The molecule has 172 valence electrons. The number of aromatic nitrogens is 5. The Kier molecular flexibility index (Phi) is 6.76. The zero-order valence-corrected chi connectivity index (χ0v) is 18.9. The van der Waals surface area contributed by atoms with E-state index in [0.29, 0.717) is 17.1 Å². The van der Waals surface area contributed by atoms with E-state index in [1.807, 2.05) is 38.1 Å². The van der Waals surface area contributed by atoms with Crippen molar-refractivity contribution >= 4 is 11.6 Å². The highest BCUT2D eigenvalue weighted by Gasteiger charge is 2.19. The van der Waals surface area contributed by atoms with E-state index in [1.165, 1.54) is 12.2 Å². The Bertz CT molecular complexity index is 1350. The minimum Gasteiger partial charge on any atom is -0.321 e. The van der Waals surface area contributed by atoms with E-state index in [9.17, 15) is 19.2 Å². The molecule has 3 aromatic rings. The van der Waals surface area contributed by atoms with Crippen molar-refractivity contribution in [3.8, 4) is 5.69 Å². The summed E-state index contributed by atoms with van der Waals surface area (Å²) >= 11 is 0. The molecule has 1 aromatic carbocycles. The Morgan fingerprint density at radius 3 is 1.94 bits per heavy atom. The van der Waals surface area contributed by atoms with Crippen molar-refractivity contribution in [2.24, 2.45) is 0 Å². The Morgan fingerprint density at radius 2 is 1.42 bits per heavy atom. The number of nitrogens with zero attached hydrogens (tertiary/aromatic N) is 5. The first-order chi connectivity index (χ1) is 15.7. The SMILES string of the molecule is C=CCn1c(=O)n(CC=C)c(=O)n(CC(=O)Nc2c(C)nn(-c3ccc(C)cc3)c2C)c1=O. The first-order valence-electron chi connectivity index (χ1n) is 10.3. The van der Waals surface area contributed by atoms with Gasteiger partial charge in [0.25, 0.3) is 0 Å². The number of aryl methyl sites for hydroxylation is 2. The number of hydrogen-bond donors (Lipinski definition) is 1. The quantitative estimate of drug-likeness (QED) is 0.520. The van der Waals surface area contributed by atoms with Crippen LogP contribution >= 0.6 is 0 Å². The Hall–Kier alpha value is -4.21. The van der Waals surface area contributed by atoms with E-state index in [4.69, 9.17) is 0 Å². The fraction of sp³-hybridized carbons (Fsp3) is 0.261. The summed E-state index contributed by atoms with van der Waals surface area (Å²) < 4.78 is 4.12. The molecule has 3 rings (SSSR count). The first kappa shape index (κ1) is 23.5. The van der Waals surface area contributed by atoms with Crippen LogP contribution in [0.5, 0.6) is 0 Å². The van der Waals surface area contributed by atoms with Crippen LogP contribution in [0.1, 0.15) is 17.0 Å². The number of carbonyl (C=O) groups excluding carboxylic acids is 1. The standard InChI is InChI=1S/C23H26N6O4/c1-6-12-26-21(31)27(13-7-2)23(33)28(22(26)32)14-19(30)24-20-16(4)25-29(17(20)5)18-10-8-15(3)9-11-18/h6-11H,1-2,12-14H2,3-5H3,(H,24,30). The van der Waals surface area contributed by atoms with Gasteiger partial charge in [0.1, 0.15) is 6.54 Å².